The molecule has 0 unspecified atom stereocenters. The maximum atomic E-state index is 11.2. The Bertz CT molecular complexity index is 367. The van der Waals surface area contributed by atoms with Gasteiger partial charge in [-0.1, -0.05) is 6.07 Å². The van der Waals surface area contributed by atoms with E-state index in [0.29, 0.717) is 0 Å². The SMILES string of the molecule is CSOC(=O)c1cccc(C(=O)O)c1.[KH]. The Labute approximate surface area is 134 Å². The van der Waals surface area contributed by atoms with E-state index in [4.69, 9.17) is 5.11 Å². The number of carbonyl (C=O) groups is 2. The molecule has 0 heterocycles. The third-order valence-electron chi connectivity index (χ3n) is 1.50. The molecule has 0 amide bonds. The number of rotatable bonds is 3. The van der Waals surface area contributed by atoms with E-state index in [1.807, 2.05) is 0 Å². The van der Waals surface area contributed by atoms with Gasteiger partial charge in [-0.05, 0) is 18.2 Å². The fourth-order valence-corrected chi connectivity index (χ4v) is 1.15. The number of aromatic carboxylic acids is 1. The minimum atomic E-state index is -1.07. The summed E-state index contributed by atoms with van der Waals surface area (Å²) < 4.78 is 4.65. The Hall–Kier alpha value is 0.146. The molecule has 0 atom stereocenters. The van der Waals surface area contributed by atoms with E-state index >= 15 is 0 Å². The van der Waals surface area contributed by atoms with E-state index in [1.165, 1.54) is 24.3 Å². The van der Waals surface area contributed by atoms with E-state index in [9.17, 15) is 9.59 Å². The van der Waals surface area contributed by atoms with E-state index in [1.54, 1.807) is 6.26 Å². The zero-order valence-corrected chi connectivity index (χ0v) is 8.21. The summed E-state index contributed by atoms with van der Waals surface area (Å²) in [5.74, 6) is -1.61. The normalized spacial score (nSPS) is 8.87. The van der Waals surface area contributed by atoms with Crippen LogP contribution in [0.2, 0.25) is 0 Å². The second-order valence-corrected chi connectivity index (χ2v) is 2.92. The van der Waals surface area contributed by atoms with Crippen molar-refractivity contribution in [3.63, 3.8) is 0 Å². The Morgan fingerprint density at radius 3 is 2.47 bits per heavy atom. The van der Waals surface area contributed by atoms with Crippen molar-refractivity contribution in [2.45, 2.75) is 0 Å². The Morgan fingerprint density at radius 2 is 1.93 bits per heavy atom. The Balaban J connectivity index is 0.00000196. The van der Waals surface area contributed by atoms with Gasteiger partial charge in [0.1, 0.15) is 0 Å². The number of hydrogen-bond acceptors (Lipinski definition) is 4. The first-order valence-corrected chi connectivity index (χ1v) is 4.88. The summed E-state index contributed by atoms with van der Waals surface area (Å²) in [6.07, 6.45) is 1.61. The van der Waals surface area contributed by atoms with Gasteiger partial charge in [-0.25, -0.2) is 9.59 Å². The first kappa shape index (κ1) is 15.1. The fourth-order valence-electron chi connectivity index (χ4n) is 0.903. The van der Waals surface area contributed by atoms with Crippen molar-refractivity contribution in [3.05, 3.63) is 35.4 Å². The van der Waals surface area contributed by atoms with Gasteiger partial charge in [0.25, 0.3) is 0 Å². The van der Waals surface area contributed by atoms with Crippen LogP contribution in [0.3, 0.4) is 0 Å². The molecule has 0 spiro atoms. The van der Waals surface area contributed by atoms with Crippen molar-refractivity contribution in [2.75, 3.05) is 6.26 Å². The second-order valence-electron chi connectivity index (χ2n) is 2.42. The van der Waals surface area contributed by atoms with Crippen molar-refractivity contribution >= 4 is 75.4 Å². The van der Waals surface area contributed by atoms with E-state index < -0.39 is 11.9 Å². The van der Waals surface area contributed by atoms with Crippen LogP contribution in [0.25, 0.3) is 0 Å². The van der Waals surface area contributed by atoms with Gasteiger partial charge in [0.15, 0.2) is 0 Å². The summed E-state index contributed by atoms with van der Waals surface area (Å²) in [5, 5.41) is 8.66. The van der Waals surface area contributed by atoms with Crippen LogP contribution < -0.4 is 0 Å². The van der Waals surface area contributed by atoms with E-state index in [-0.39, 0.29) is 62.5 Å². The van der Waals surface area contributed by atoms with E-state index in [0.717, 1.165) is 12.0 Å². The monoisotopic (exact) mass is 252 g/mol. The second kappa shape index (κ2) is 7.42. The van der Waals surface area contributed by atoms with Crippen molar-refractivity contribution in [1.29, 1.82) is 0 Å². The predicted molar refractivity (Wildman–Crippen MR) is 59.5 cm³/mol. The molecule has 15 heavy (non-hydrogen) atoms. The van der Waals surface area contributed by atoms with Crippen LogP contribution in [0.15, 0.2) is 24.3 Å². The Morgan fingerprint density at radius 1 is 1.33 bits per heavy atom. The standard InChI is InChI=1S/C9H8O4S.K.H/c1-14-13-9(12)7-4-2-3-6(5-7)8(10)11;;/h2-5H,1H3,(H,10,11);;. The summed E-state index contributed by atoms with van der Waals surface area (Å²) >= 11 is 0.922. The maximum absolute atomic E-state index is 11.2. The molecule has 0 aromatic heterocycles. The molecule has 1 N–H and O–H groups in total. The molecule has 0 bridgehead atoms. The number of carbonyl (C=O) groups excluding carboxylic acids is 1. The molecule has 0 saturated carbocycles. The average molecular weight is 252 g/mol. The summed E-state index contributed by atoms with van der Waals surface area (Å²) in [4.78, 5) is 21.8. The van der Waals surface area contributed by atoms with Crippen LogP contribution in [0.1, 0.15) is 20.7 Å². The molecule has 0 aliphatic rings. The number of benzene rings is 1. The van der Waals surface area contributed by atoms with Gasteiger partial charge < -0.3 is 9.29 Å². The average Bonchev–Trinajstić information content (AvgIpc) is 2.18. The number of carboxylic acids is 1. The number of carboxylic acid groups (broad SMARTS) is 1. The molecular formula is C9H9KO4S. The summed E-state index contributed by atoms with van der Waals surface area (Å²) in [5.41, 5.74) is 0.305. The molecule has 1 aromatic carbocycles. The quantitative estimate of drug-likeness (QED) is 0.646. The van der Waals surface area contributed by atoms with Crippen molar-refractivity contribution < 1.29 is 18.9 Å². The molecule has 0 saturated heterocycles. The van der Waals surface area contributed by atoms with Crippen LogP contribution in [0, 0.1) is 0 Å². The zero-order chi connectivity index (χ0) is 10.6. The van der Waals surface area contributed by atoms with Gasteiger partial charge in [0.2, 0.25) is 0 Å². The van der Waals surface area contributed by atoms with Crippen LogP contribution in [0.4, 0.5) is 0 Å². The molecule has 0 aliphatic heterocycles. The third-order valence-corrected chi connectivity index (χ3v) is 1.82. The molecule has 76 valence electrons. The number of hydrogen-bond donors (Lipinski definition) is 1. The van der Waals surface area contributed by atoms with Crippen LogP contribution >= 0.6 is 12.0 Å². The molecule has 4 nitrogen and oxygen atoms in total. The topological polar surface area (TPSA) is 63.6 Å². The van der Waals surface area contributed by atoms with Gasteiger partial charge in [0, 0.05) is 6.26 Å². The first-order chi connectivity index (χ1) is 6.65. The summed E-state index contributed by atoms with van der Waals surface area (Å²) in [7, 11) is 0. The van der Waals surface area contributed by atoms with Crippen LogP contribution in [-0.2, 0) is 4.18 Å². The van der Waals surface area contributed by atoms with Crippen molar-refractivity contribution in [1.82, 2.24) is 0 Å². The first-order valence-electron chi connectivity index (χ1n) is 3.73. The minimum absolute atomic E-state index is 0. The molecule has 6 heteroatoms. The molecule has 0 radical (unpaired) electrons. The fraction of sp³-hybridized carbons (Fsp3) is 0.111. The molecule has 1 aromatic rings. The van der Waals surface area contributed by atoms with Gasteiger partial charge in [0.05, 0.1) is 23.2 Å². The van der Waals surface area contributed by atoms with Crippen LogP contribution in [0.5, 0.6) is 0 Å². The van der Waals surface area contributed by atoms with Crippen molar-refractivity contribution in [3.8, 4) is 0 Å². The van der Waals surface area contributed by atoms with Gasteiger partial charge in [-0.15, -0.1) is 0 Å². The van der Waals surface area contributed by atoms with E-state index in [2.05, 4.69) is 4.18 Å². The predicted octanol–water partition coefficient (Wildman–Crippen LogP) is 1.17. The summed E-state index contributed by atoms with van der Waals surface area (Å²) in [6.45, 7) is 0. The van der Waals surface area contributed by atoms with Crippen molar-refractivity contribution in [2.24, 2.45) is 0 Å². The van der Waals surface area contributed by atoms with Crippen LogP contribution in [-0.4, -0.2) is 74.7 Å². The van der Waals surface area contributed by atoms with Gasteiger partial charge >= 0.3 is 63.3 Å². The van der Waals surface area contributed by atoms with Gasteiger partial charge in [-0.3, -0.25) is 0 Å². The third kappa shape index (κ3) is 4.67. The summed E-state index contributed by atoms with van der Waals surface area (Å²) in [6, 6.07) is 5.70. The molecule has 1 rings (SSSR count). The molecular weight excluding hydrogens is 243 g/mol. The molecule has 0 aliphatic carbocycles. The zero-order valence-electron chi connectivity index (χ0n) is 7.39. The molecule has 0 fully saturated rings. The Kier molecular flexibility index (Phi) is 7.50. The van der Waals surface area contributed by atoms with Gasteiger partial charge in [-0.2, -0.15) is 0 Å².